The van der Waals surface area contributed by atoms with Gasteiger partial charge in [-0.3, -0.25) is 14.4 Å². The van der Waals surface area contributed by atoms with Gasteiger partial charge >= 0.3 is 0 Å². The number of imide groups is 1. The lowest BCUT2D eigenvalue weighted by Crippen LogP contribution is -2.29. The minimum atomic E-state index is -0.414. The fourth-order valence-electron chi connectivity index (χ4n) is 3.56. The van der Waals surface area contributed by atoms with Gasteiger partial charge < -0.3 is 5.32 Å². The first-order chi connectivity index (χ1) is 14.0. The Morgan fingerprint density at radius 1 is 0.897 bits per heavy atom. The van der Waals surface area contributed by atoms with E-state index in [0.717, 1.165) is 23.2 Å². The summed E-state index contributed by atoms with van der Waals surface area (Å²) in [4.78, 5) is 39.7. The predicted molar refractivity (Wildman–Crippen MR) is 113 cm³/mol. The average Bonchev–Trinajstić information content (AvgIpc) is 2.98. The van der Waals surface area contributed by atoms with E-state index >= 15 is 0 Å². The van der Waals surface area contributed by atoms with Crippen LogP contribution in [0.4, 0.5) is 11.4 Å². The van der Waals surface area contributed by atoms with Crippen LogP contribution in [0.1, 0.15) is 49.1 Å². The van der Waals surface area contributed by atoms with E-state index in [2.05, 4.69) is 5.32 Å². The highest BCUT2D eigenvalue weighted by Gasteiger charge is 2.37. The second-order valence-corrected chi connectivity index (χ2v) is 6.96. The van der Waals surface area contributed by atoms with Crippen molar-refractivity contribution < 1.29 is 14.4 Å². The molecule has 0 aromatic heterocycles. The molecule has 0 bridgehead atoms. The lowest BCUT2D eigenvalue weighted by atomic mass is 10.0. The Balaban J connectivity index is 1.66. The number of carbonyl (C=O) groups is 3. The number of hydrogen-bond donors (Lipinski definition) is 1. The van der Waals surface area contributed by atoms with Gasteiger partial charge in [-0.25, -0.2) is 4.90 Å². The van der Waals surface area contributed by atoms with Crippen LogP contribution in [0, 0.1) is 6.92 Å². The number of anilines is 2. The van der Waals surface area contributed by atoms with Crippen LogP contribution in [0.5, 0.6) is 0 Å². The fourth-order valence-corrected chi connectivity index (χ4v) is 3.56. The van der Waals surface area contributed by atoms with Crippen LogP contribution >= 0.6 is 0 Å². The Morgan fingerprint density at radius 3 is 2.34 bits per heavy atom. The maximum absolute atomic E-state index is 13.0. The molecular weight excluding hydrogens is 364 g/mol. The maximum atomic E-state index is 13.0. The maximum Gasteiger partial charge on any atom is 0.266 e. The lowest BCUT2D eigenvalue weighted by molar-refractivity contribution is 0.0925. The van der Waals surface area contributed by atoms with E-state index in [0.29, 0.717) is 16.8 Å². The van der Waals surface area contributed by atoms with Crippen molar-refractivity contribution in [3.63, 3.8) is 0 Å². The van der Waals surface area contributed by atoms with Crippen molar-refractivity contribution in [3.05, 3.63) is 94.5 Å². The summed E-state index contributed by atoms with van der Waals surface area (Å²) in [5.74, 6) is -1.10. The molecule has 0 spiro atoms. The SMILES string of the molecule is CCc1ccccc1NC(=O)c1ccc2c(c1)C(=O)N(c1ccccc1C)C2=O. The summed E-state index contributed by atoms with van der Waals surface area (Å²) in [6.07, 6.45) is 0.791. The van der Waals surface area contributed by atoms with Crippen LogP contribution in [-0.2, 0) is 6.42 Å². The molecule has 1 aliphatic heterocycles. The van der Waals surface area contributed by atoms with E-state index in [4.69, 9.17) is 0 Å². The normalized spacial score (nSPS) is 12.8. The third-order valence-corrected chi connectivity index (χ3v) is 5.15. The average molecular weight is 384 g/mol. The Morgan fingerprint density at radius 2 is 1.59 bits per heavy atom. The van der Waals surface area contributed by atoms with Gasteiger partial charge in [0.05, 0.1) is 16.8 Å². The highest BCUT2D eigenvalue weighted by Crippen LogP contribution is 2.31. The number of fused-ring (bicyclic) bond motifs is 1. The van der Waals surface area contributed by atoms with Gasteiger partial charge in [0.1, 0.15) is 0 Å². The van der Waals surface area contributed by atoms with Crippen LogP contribution in [-0.4, -0.2) is 17.7 Å². The monoisotopic (exact) mass is 384 g/mol. The number of carbonyl (C=O) groups excluding carboxylic acids is 3. The summed E-state index contributed by atoms with van der Waals surface area (Å²) < 4.78 is 0. The summed E-state index contributed by atoms with van der Waals surface area (Å²) in [6.45, 7) is 3.87. The molecule has 144 valence electrons. The molecule has 0 unspecified atom stereocenters. The van der Waals surface area contributed by atoms with Gasteiger partial charge in [-0.1, -0.05) is 43.3 Å². The van der Waals surface area contributed by atoms with Crippen LogP contribution < -0.4 is 10.2 Å². The molecule has 29 heavy (non-hydrogen) atoms. The number of nitrogens with one attached hydrogen (secondary N) is 1. The minimum Gasteiger partial charge on any atom is -0.322 e. The molecule has 1 heterocycles. The van der Waals surface area contributed by atoms with Crippen molar-refractivity contribution in [2.24, 2.45) is 0 Å². The zero-order chi connectivity index (χ0) is 20.5. The minimum absolute atomic E-state index is 0.245. The van der Waals surface area contributed by atoms with Crippen molar-refractivity contribution in [2.75, 3.05) is 10.2 Å². The number of amides is 3. The zero-order valence-electron chi connectivity index (χ0n) is 16.2. The van der Waals surface area contributed by atoms with Gasteiger partial charge in [0.15, 0.2) is 0 Å². The van der Waals surface area contributed by atoms with E-state index in [-0.39, 0.29) is 17.4 Å². The van der Waals surface area contributed by atoms with Crippen molar-refractivity contribution in [3.8, 4) is 0 Å². The van der Waals surface area contributed by atoms with E-state index in [1.165, 1.54) is 11.0 Å². The van der Waals surface area contributed by atoms with Crippen molar-refractivity contribution in [1.82, 2.24) is 0 Å². The molecule has 1 aliphatic rings. The van der Waals surface area contributed by atoms with Gasteiger partial charge in [0, 0.05) is 11.3 Å². The lowest BCUT2D eigenvalue weighted by Gasteiger charge is -2.16. The third-order valence-electron chi connectivity index (χ3n) is 5.15. The van der Waals surface area contributed by atoms with E-state index in [9.17, 15) is 14.4 Å². The van der Waals surface area contributed by atoms with Crippen LogP contribution in [0.15, 0.2) is 66.7 Å². The first-order valence-corrected chi connectivity index (χ1v) is 9.49. The van der Waals surface area contributed by atoms with Gasteiger partial charge in [0.2, 0.25) is 0 Å². The smallest absolute Gasteiger partial charge is 0.266 e. The Kier molecular flexibility index (Phi) is 4.72. The molecule has 0 atom stereocenters. The summed E-state index contributed by atoms with van der Waals surface area (Å²) >= 11 is 0. The van der Waals surface area contributed by atoms with E-state index in [1.807, 2.05) is 50.2 Å². The molecule has 3 amide bonds. The van der Waals surface area contributed by atoms with Crippen molar-refractivity contribution in [1.29, 1.82) is 0 Å². The van der Waals surface area contributed by atoms with Gasteiger partial charge in [-0.15, -0.1) is 0 Å². The number of nitrogens with zero attached hydrogens (tertiary/aromatic N) is 1. The molecular formula is C24H20N2O3. The molecule has 3 aromatic rings. The molecule has 0 aliphatic carbocycles. The topological polar surface area (TPSA) is 66.5 Å². The number of benzene rings is 3. The number of rotatable bonds is 4. The van der Waals surface area contributed by atoms with Crippen LogP contribution in [0.25, 0.3) is 0 Å². The van der Waals surface area contributed by atoms with Crippen LogP contribution in [0.2, 0.25) is 0 Å². The molecule has 0 saturated heterocycles. The first-order valence-electron chi connectivity index (χ1n) is 9.49. The molecule has 5 nitrogen and oxygen atoms in total. The Bertz CT molecular complexity index is 1150. The number of hydrogen-bond acceptors (Lipinski definition) is 3. The molecule has 3 aromatic carbocycles. The highest BCUT2D eigenvalue weighted by atomic mass is 16.2. The molecule has 1 N–H and O–H groups in total. The van der Waals surface area contributed by atoms with Gasteiger partial charge in [-0.05, 0) is 54.8 Å². The third kappa shape index (κ3) is 3.21. The molecule has 0 radical (unpaired) electrons. The number of aryl methyl sites for hydroxylation is 2. The standard InChI is InChI=1S/C24H20N2O3/c1-3-16-9-5-6-10-20(16)25-22(27)17-12-13-18-19(14-17)24(29)26(23(18)28)21-11-7-4-8-15(21)2/h4-14H,3H2,1-2H3,(H,25,27). The zero-order valence-corrected chi connectivity index (χ0v) is 16.2. The highest BCUT2D eigenvalue weighted by molar-refractivity contribution is 6.35. The predicted octanol–water partition coefficient (Wildman–Crippen LogP) is 4.61. The summed E-state index contributed by atoms with van der Waals surface area (Å²) in [5.41, 5.74) is 4.04. The van der Waals surface area contributed by atoms with Crippen molar-refractivity contribution in [2.45, 2.75) is 20.3 Å². The largest absolute Gasteiger partial charge is 0.322 e. The summed E-state index contributed by atoms with van der Waals surface area (Å²) in [5, 5.41) is 2.90. The van der Waals surface area contributed by atoms with Crippen molar-refractivity contribution >= 4 is 29.1 Å². The fraction of sp³-hybridized carbons (Fsp3) is 0.125. The molecule has 4 rings (SSSR count). The first kappa shape index (κ1) is 18.6. The van der Waals surface area contributed by atoms with Crippen LogP contribution in [0.3, 0.4) is 0 Å². The Hall–Kier alpha value is -3.73. The van der Waals surface area contributed by atoms with Gasteiger partial charge in [-0.2, -0.15) is 0 Å². The second-order valence-electron chi connectivity index (χ2n) is 6.96. The molecule has 0 fully saturated rings. The molecule has 0 saturated carbocycles. The summed E-state index contributed by atoms with van der Waals surface area (Å²) in [6, 6.07) is 19.5. The summed E-state index contributed by atoms with van der Waals surface area (Å²) in [7, 11) is 0. The quantitative estimate of drug-likeness (QED) is 0.668. The second kappa shape index (κ2) is 7.36. The van der Waals surface area contributed by atoms with E-state index < -0.39 is 5.91 Å². The number of para-hydroxylation sites is 2. The van der Waals surface area contributed by atoms with E-state index in [1.54, 1.807) is 24.3 Å². The molecule has 5 heteroatoms. The Labute approximate surface area is 169 Å². The van der Waals surface area contributed by atoms with Gasteiger partial charge in [0.25, 0.3) is 17.7 Å².